The number of rotatable bonds is 6. The summed E-state index contributed by atoms with van der Waals surface area (Å²) in [7, 11) is 0. The van der Waals surface area contributed by atoms with Crippen LogP contribution in [0.5, 0.6) is 0 Å². The first kappa shape index (κ1) is 14.1. The highest BCUT2D eigenvalue weighted by atomic mass is 16.4. The van der Waals surface area contributed by atoms with Crippen LogP contribution in [0.3, 0.4) is 0 Å². The Morgan fingerprint density at radius 3 is 2.79 bits per heavy atom. The van der Waals surface area contributed by atoms with Gasteiger partial charge in [-0.1, -0.05) is 6.92 Å². The number of hydrogen-bond donors (Lipinski definition) is 2. The van der Waals surface area contributed by atoms with Crippen molar-refractivity contribution in [3.05, 3.63) is 23.7 Å². The highest BCUT2D eigenvalue weighted by Crippen LogP contribution is 2.13. The molecular formula is C14H22N2O3. The van der Waals surface area contributed by atoms with E-state index in [-0.39, 0.29) is 5.76 Å². The Morgan fingerprint density at radius 1 is 1.47 bits per heavy atom. The molecular weight excluding hydrogens is 244 g/mol. The fourth-order valence-electron chi connectivity index (χ4n) is 2.51. The van der Waals surface area contributed by atoms with Gasteiger partial charge in [0.2, 0.25) is 5.76 Å². The van der Waals surface area contributed by atoms with E-state index in [1.165, 1.54) is 19.0 Å². The lowest BCUT2D eigenvalue weighted by Gasteiger charge is -2.32. The molecule has 0 bridgehead atoms. The Kier molecular flexibility index (Phi) is 4.99. The standard InChI is InChI=1S/C14H22N2O3/c1-2-7-16-8-5-11(6-9-16)15-10-12-3-4-13(19-12)14(17)18/h3-4,11,15H,2,5-10H2,1H3,(H,17,18). The van der Waals surface area contributed by atoms with E-state index in [4.69, 9.17) is 9.52 Å². The molecule has 5 nitrogen and oxygen atoms in total. The van der Waals surface area contributed by atoms with Gasteiger partial charge in [0.15, 0.2) is 0 Å². The topological polar surface area (TPSA) is 65.7 Å². The summed E-state index contributed by atoms with van der Waals surface area (Å²) in [6.07, 6.45) is 3.50. The summed E-state index contributed by atoms with van der Waals surface area (Å²) >= 11 is 0. The minimum Gasteiger partial charge on any atom is -0.475 e. The SMILES string of the molecule is CCCN1CCC(NCc2ccc(C(=O)O)o2)CC1. The summed E-state index contributed by atoms with van der Waals surface area (Å²) in [4.78, 5) is 13.2. The summed E-state index contributed by atoms with van der Waals surface area (Å²) in [5.74, 6) is -0.318. The van der Waals surface area contributed by atoms with Gasteiger partial charge in [-0.2, -0.15) is 0 Å². The molecule has 106 valence electrons. The predicted octanol–water partition coefficient (Wildman–Crippen LogP) is 1.94. The van der Waals surface area contributed by atoms with Gasteiger partial charge in [0.05, 0.1) is 6.54 Å². The van der Waals surface area contributed by atoms with E-state index in [2.05, 4.69) is 17.1 Å². The second-order valence-electron chi connectivity index (χ2n) is 5.07. The molecule has 2 heterocycles. The Balaban J connectivity index is 1.72. The third-order valence-corrected chi connectivity index (χ3v) is 3.56. The maximum absolute atomic E-state index is 10.7. The highest BCUT2D eigenvalue weighted by Gasteiger charge is 2.18. The van der Waals surface area contributed by atoms with Crippen molar-refractivity contribution in [3.8, 4) is 0 Å². The molecule has 2 rings (SSSR count). The van der Waals surface area contributed by atoms with E-state index >= 15 is 0 Å². The second kappa shape index (κ2) is 6.73. The van der Waals surface area contributed by atoms with Crippen molar-refractivity contribution in [3.63, 3.8) is 0 Å². The summed E-state index contributed by atoms with van der Waals surface area (Å²) in [6.45, 7) is 6.29. The van der Waals surface area contributed by atoms with Gasteiger partial charge in [0.25, 0.3) is 0 Å². The molecule has 1 aliphatic rings. The van der Waals surface area contributed by atoms with E-state index in [0.29, 0.717) is 18.3 Å². The molecule has 1 aliphatic heterocycles. The van der Waals surface area contributed by atoms with Crippen LogP contribution in [0.25, 0.3) is 0 Å². The third-order valence-electron chi connectivity index (χ3n) is 3.56. The second-order valence-corrected chi connectivity index (χ2v) is 5.07. The van der Waals surface area contributed by atoms with Gasteiger partial charge < -0.3 is 19.7 Å². The van der Waals surface area contributed by atoms with E-state index < -0.39 is 5.97 Å². The number of aromatic carboxylic acids is 1. The molecule has 2 N–H and O–H groups in total. The van der Waals surface area contributed by atoms with Crippen molar-refractivity contribution < 1.29 is 14.3 Å². The largest absolute Gasteiger partial charge is 0.475 e. The Hall–Kier alpha value is -1.33. The third kappa shape index (κ3) is 4.08. The number of furan rings is 1. The minimum absolute atomic E-state index is 0.00886. The van der Waals surface area contributed by atoms with Crippen molar-refractivity contribution >= 4 is 5.97 Å². The summed E-state index contributed by atoms with van der Waals surface area (Å²) < 4.78 is 5.22. The Morgan fingerprint density at radius 2 is 2.21 bits per heavy atom. The van der Waals surface area contributed by atoms with Crippen LogP contribution in [0.4, 0.5) is 0 Å². The first-order valence-electron chi connectivity index (χ1n) is 6.96. The molecule has 1 fully saturated rings. The van der Waals surface area contributed by atoms with E-state index in [0.717, 1.165) is 25.9 Å². The molecule has 0 atom stereocenters. The van der Waals surface area contributed by atoms with E-state index in [1.807, 2.05) is 0 Å². The fraction of sp³-hybridized carbons (Fsp3) is 0.643. The Labute approximate surface area is 113 Å². The van der Waals surface area contributed by atoms with Crippen molar-refractivity contribution in [2.75, 3.05) is 19.6 Å². The number of nitrogens with one attached hydrogen (secondary N) is 1. The Bertz CT molecular complexity index is 409. The van der Waals surface area contributed by atoms with Crippen LogP contribution in [0.2, 0.25) is 0 Å². The molecule has 1 aromatic heterocycles. The number of carbonyl (C=O) groups is 1. The van der Waals surface area contributed by atoms with Crippen LogP contribution in [-0.2, 0) is 6.54 Å². The van der Waals surface area contributed by atoms with Gasteiger partial charge >= 0.3 is 5.97 Å². The van der Waals surface area contributed by atoms with Crippen molar-refractivity contribution in [2.24, 2.45) is 0 Å². The average Bonchev–Trinajstić information content (AvgIpc) is 2.87. The first-order valence-corrected chi connectivity index (χ1v) is 6.96. The molecule has 1 aromatic rings. The molecule has 0 unspecified atom stereocenters. The van der Waals surface area contributed by atoms with Gasteiger partial charge in [0, 0.05) is 6.04 Å². The summed E-state index contributed by atoms with van der Waals surface area (Å²) in [6, 6.07) is 3.73. The van der Waals surface area contributed by atoms with E-state index in [9.17, 15) is 4.79 Å². The van der Waals surface area contributed by atoms with Crippen LogP contribution in [-0.4, -0.2) is 41.7 Å². The van der Waals surface area contributed by atoms with Gasteiger partial charge in [0.1, 0.15) is 5.76 Å². The molecule has 1 saturated heterocycles. The van der Waals surface area contributed by atoms with Crippen LogP contribution in [0, 0.1) is 0 Å². The molecule has 0 amide bonds. The molecule has 0 radical (unpaired) electrons. The molecule has 0 saturated carbocycles. The molecule has 19 heavy (non-hydrogen) atoms. The van der Waals surface area contributed by atoms with Crippen LogP contribution >= 0.6 is 0 Å². The predicted molar refractivity (Wildman–Crippen MR) is 72.3 cm³/mol. The number of nitrogens with zero attached hydrogens (tertiary/aromatic N) is 1. The molecule has 5 heteroatoms. The van der Waals surface area contributed by atoms with Gasteiger partial charge in [-0.25, -0.2) is 4.79 Å². The minimum atomic E-state index is -1.01. The van der Waals surface area contributed by atoms with Crippen LogP contribution in [0.1, 0.15) is 42.5 Å². The fourth-order valence-corrected chi connectivity index (χ4v) is 2.51. The van der Waals surface area contributed by atoms with Gasteiger partial charge in [-0.05, 0) is 51.0 Å². The van der Waals surface area contributed by atoms with Crippen molar-refractivity contribution in [1.29, 1.82) is 0 Å². The van der Waals surface area contributed by atoms with Gasteiger partial charge in [-0.15, -0.1) is 0 Å². The van der Waals surface area contributed by atoms with Crippen molar-refractivity contribution in [2.45, 2.75) is 38.8 Å². The molecule has 0 aliphatic carbocycles. The first-order chi connectivity index (χ1) is 9.19. The zero-order valence-corrected chi connectivity index (χ0v) is 11.4. The lowest BCUT2D eigenvalue weighted by atomic mass is 10.0. The zero-order chi connectivity index (χ0) is 13.7. The van der Waals surface area contributed by atoms with Crippen LogP contribution in [0.15, 0.2) is 16.5 Å². The lowest BCUT2D eigenvalue weighted by Crippen LogP contribution is -2.42. The maximum Gasteiger partial charge on any atom is 0.371 e. The van der Waals surface area contributed by atoms with Crippen molar-refractivity contribution in [1.82, 2.24) is 10.2 Å². The monoisotopic (exact) mass is 266 g/mol. The van der Waals surface area contributed by atoms with E-state index in [1.54, 1.807) is 6.07 Å². The average molecular weight is 266 g/mol. The van der Waals surface area contributed by atoms with Crippen LogP contribution < -0.4 is 5.32 Å². The number of carboxylic acid groups (broad SMARTS) is 1. The molecule has 0 aromatic carbocycles. The quantitative estimate of drug-likeness (QED) is 0.823. The molecule has 0 spiro atoms. The zero-order valence-electron chi connectivity index (χ0n) is 11.4. The number of hydrogen-bond acceptors (Lipinski definition) is 4. The summed E-state index contributed by atoms with van der Waals surface area (Å²) in [5.41, 5.74) is 0. The highest BCUT2D eigenvalue weighted by molar-refractivity contribution is 5.84. The number of piperidine rings is 1. The smallest absolute Gasteiger partial charge is 0.371 e. The normalized spacial score (nSPS) is 17.7. The summed E-state index contributed by atoms with van der Waals surface area (Å²) in [5, 5.41) is 12.2. The number of carboxylic acids is 1. The van der Waals surface area contributed by atoms with Gasteiger partial charge in [-0.3, -0.25) is 0 Å². The maximum atomic E-state index is 10.7. The number of likely N-dealkylation sites (tertiary alicyclic amines) is 1. The lowest BCUT2D eigenvalue weighted by molar-refractivity contribution is 0.0660.